The smallest absolute Gasteiger partial charge is 0.416 e. The zero-order valence-corrected chi connectivity index (χ0v) is 10.2. The van der Waals surface area contributed by atoms with Gasteiger partial charge in [-0.05, 0) is 31.3 Å². The molecular weight excluding hydrogens is 259 g/mol. The highest BCUT2D eigenvalue weighted by atomic mass is 19.4. The van der Waals surface area contributed by atoms with Crippen molar-refractivity contribution in [3.63, 3.8) is 0 Å². The van der Waals surface area contributed by atoms with Gasteiger partial charge in [0.05, 0.1) is 5.56 Å². The predicted molar refractivity (Wildman–Crippen MR) is 62.4 cm³/mol. The van der Waals surface area contributed by atoms with Gasteiger partial charge in [0.25, 0.3) is 0 Å². The van der Waals surface area contributed by atoms with Crippen LogP contribution >= 0.6 is 0 Å². The minimum Gasteiger partial charge on any atom is -0.421 e. The second-order valence-electron chi connectivity index (χ2n) is 3.93. The Hall–Kier alpha value is -1.89. The lowest BCUT2D eigenvalue weighted by molar-refractivity contribution is -0.137. The molecule has 1 aromatic carbocycles. The number of nitrogens with zero attached hydrogens (tertiary/aromatic N) is 2. The lowest BCUT2D eigenvalue weighted by Gasteiger charge is -2.05. The molecule has 0 amide bonds. The molecule has 4 nitrogen and oxygen atoms in total. The Bertz CT molecular complexity index is 534. The van der Waals surface area contributed by atoms with Crippen molar-refractivity contribution in [3.05, 3.63) is 35.7 Å². The number of halogens is 3. The van der Waals surface area contributed by atoms with Crippen LogP contribution in [0.5, 0.6) is 0 Å². The van der Waals surface area contributed by atoms with E-state index in [1.807, 2.05) is 0 Å². The Labute approximate surface area is 107 Å². The van der Waals surface area contributed by atoms with E-state index in [1.165, 1.54) is 12.1 Å². The summed E-state index contributed by atoms with van der Waals surface area (Å²) in [6.45, 7) is 0.689. The molecule has 0 saturated heterocycles. The number of likely N-dealkylation sites (N-methyl/N-ethyl adjacent to an activating group) is 1. The fraction of sp³-hybridized carbons (Fsp3) is 0.333. The molecule has 102 valence electrons. The van der Waals surface area contributed by atoms with Crippen LogP contribution in [0.25, 0.3) is 11.5 Å². The molecule has 0 saturated carbocycles. The zero-order valence-electron chi connectivity index (χ0n) is 10.2. The normalized spacial score (nSPS) is 11.8. The highest BCUT2D eigenvalue weighted by molar-refractivity contribution is 5.53. The van der Waals surface area contributed by atoms with Gasteiger partial charge in [-0.1, -0.05) is 0 Å². The molecule has 0 aliphatic carbocycles. The van der Waals surface area contributed by atoms with Crippen molar-refractivity contribution in [2.75, 3.05) is 13.6 Å². The van der Waals surface area contributed by atoms with Gasteiger partial charge in [-0.2, -0.15) is 13.2 Å². The molecule has 0 fully saturated rings. The van der Waals surface area contributed by atoms with Crippen molar-refractivity contribution in [1.82, 2.24) is 15.5 Å². The molecule has 0 atom stereocenters. The fourth-order valence-corrected chi connectivity index (χ4v) is 1.51. The first kappa shape index (κ1) is 13.5. The van der Waals surface area contributed by atoms with Crippen molar-refractivity contribution in [1.29, 1.82) is 0 Å². The van der Waals surface area contributed by atoms with Crippen LogP contribution in [0.1, 0.15) is 11.5 Å². The Kier molecular flexibility index (Phi) is 3.84. The highest BCUT2D eigenvalue weighted by Crippen LogP contribution is 2.30. The van der Waals surface area contributed by atoms with Crippen LogP contribution in [0.3, 0.4) is 0 Å². The number of hydrogen-bond donors (Lipinski definition) is 1. The van der Waals surface area contributed by atoms with Gasteiger partial charge >= 0.3 is 6.18 Å². The first-order valence-corrected chi connectivity index (χ1v) is 5.65. The third kappa shape index (κ3) is 3.31. The maximum Gasteiger partial charge on any atom is 0.416 e. The van der Waals surface area contributed by atoms with Crippen LogP contribution in [0, 0.1) is 0 Å². The molecule has 2 rings (SSSR count). The molecule has 2 aromatic rings. The van der Waals surface area contributed by atoms with Crippen LogP contribution in [0.15, 0.2) is 28.7 Å². The summed E-state index contributed by atoms with van der Waals surface area (Å²) in [7, 11) is 1.80. The lowest BCUT2D eigenvalue weighted by atomic mass is 10.1. The quantitative estimate of drug-likeness (QED) is 0.928. The van der Waals surface area contributed by atoms with Crippen LogP contribution in [-0.2, 0) is 12.6 Å². The standard InChI is InChI=1S/C12H12F3N3O/c1-16-7-6-10-17-18-11(19-10)8-2-4-9(5-3-8)12(13,14)15/h2-5,16H,6-7H2,1H3. The van der Waals surface area contributed by atoms with E-state index in [1.54, 1.807) is 7.05 Å². The highest BCUT2D eigenvalue weighted by Gasteiger charge is 2.30. The Morgan fingerprint density at radius 1 is 1.16 bits per heavy atom. The SMILES string of the molecule is CNCCc1nnc(-c2ccc(C(F)(F)F)cc2)o1. The van der Waals surface area contributed by atoms with Gasteiger partial charge in [-0.25, -0.2) is 0 Å². The van der Waals surface area contributed by atoms with Crippen LogP contribution in [-0.4, -0.2) is 23.8 Å². The lowest BCUT2D eigenvalue weighted by Crippen LogP contribution is -2.10. The van der Waals surface area contributed by atoms with E-state index in [2.05, 4.69) is 15.5 Å². The maximum atomic E-state index is 12.4. The summed E-state index contributed by atoms with van der Waals surface area (Å²) in [6.07, 6.45) is -3.77. The van der Waals surface area contributed by atoms with Crippen molar-refractivity contribution >= 4 is 0 Å². The summed E-state index contributed by atoms with van der Waals surface area (Å²) in [6, 6.07) is 4.62. The third-order valence-electron chi connectivity index (χ3n) is 2.51. The van der Waals surface area contributed by atoms with E-state index in [9.17, 15) is 13.2 Å². The molecule has 1 heterocycles. The average Bonchev–Trinajstić information content (AvgIpc) is 2.84. The van der Waals surface area contributed by atoms with Gasteiger partial charge in [-0.3, -0.25) is 0 Å². The Balaban J connectivity index is 2.16. The van der Waals surface area contributed by atoms with Crippen LogP contribution in [0.4, 0.5) is 13.2 Å². The summed E-state index contributed by atoms with van der Waals surface area (Å²) in [5.41, 5.74) is -0.234. The summed E-state index contributed by atoms with van der Waals surface area (Å²) in [4.78, 5) is 0. The van der Waals surface area contributed by atoms with Crippen molar-refractivity contribution < 1.29 is 17.6 Å². The molecule has 7 heteroatoms. The largest absolute Gasteiger partial charge is 0.421 e. The summed E-state index contributed by atoms with van der Waals surface area (Å²) < 4.78 is 42.6. The average molecular weight is 271 g/mol. The molecule has 0 bridgehead atoms. The topological polar surface area (TPSA) is 51.0 Å². The zero-order chi connectivity index (χ0) is 13.9. The number of benzene rings is 1. The van der Waals surface area contributed by atoms with Crippen molar-refractivity contribution in [2.24, 2.45) is 0 Å². The van der Waals surface area contributed by atoms with E-state index in [0.717, 1.165) is 12.1 Å². The Morgan fingerprint density at radius 2 is 1.84 bits per heavy atom. The minimum atomic E-state index is -4.34. The van der Waals surface area contributed by atoms with E-state index >= 15 is 0 Å². The predicted octanol–water partition coefficient (Wildman–Crippen LogP) is 2.52. The van der Waals surface area contributed by atoms with Crippen LogP contribution in [0.2, 0.25) is 0 Å². The molecule has 0 aliphatic heterocycles. The number of aromatic nitrogens is 2. The van der Waals surface area contributed by atoms with E-state index in [4.69, 9.17) is 4.42 Å². The molecule has 0 unspecified atom stereocenters. The van der Waals surface area contributed by atoms with Gasteiger partial charge in [0, 0.05) is 18.5 Å². The first-order valence-electron chi connectivity index (χ1n) is 5.65. The third-order valence-corrected chi connectivity index (χ3v) is 2.51. The van der Waals surface area contributed by atoms with Crippen LogP contribution < -0.4 is 5.32 Å². The van der Waals surface area contributed by atoms with E-state index < -0.39 is 11.7 Å². The summed E-state index contributed by atoms with van der Waals surface area (Å²) in [5.74, 6) is 0.670. The van der Waals surface area contributed by atoms with Gasteiger partial charge in [-0.15, -0.1) is 10.2 Å². The van der Waals surface area contributed by atoms with Gasteiger partial charge in [0.15, 0.2) is 0 Å². The second kappa shape index (κ2) is 5.40. The maximum absolute atomic E-state index is 12.4. The molecule has 0 spiro atoms. The monoisotopic (exact) mass is 271 g/mol. The Morgan fingerprint density at radius 3 is 2.42 bits per heavy atom. The second-order valence-corrected chi connectivity index (χ2v) is 3.93. The van der Waals surface area contributed by atoms with E-state index in [0.29, 0.717) is 24.4 Å². The number of hydrogen-bond acceptors (Lipinski definition) is 4. The van der Waals surface area contributed by atoms with Gasteiger partial charge < -0.3 is 9.73 Å². The number of alkyl halides is 3. The molecule has 1 aromatic heterocycles. The molecule has 19 heavy (non-hydrogen) atoms. The van der Waals surface area contributed by atoms with Gasteiger partial charge in [0.2, 0.25) is 11.8 Å². The number of rotatable bonds is 4. The van der Waals surface area contributed by atoms with E-state index in [-0.39, 0.29) is 5.89 Å². The fourth-order valence-electron chi connectivity index (χ4n) is 1.51. The van der Waals surface area contributed by atoms with Gasteiger partial charge in [0.1, 0.15) is 0 Å². The van der Waals surface area contributed by atoms with Crippen molar-refractivity contribution in [2.45, 2.75) is 12.6 Å². The number of nitrogens with one attached hydrogen (secondary N) is 1. The molecule has 1 N–H and O–H groups in total. The summed E-state index contributed by atoms with van der Waals surface area (Å²) >= 11 is 0. The molecule has 0 radical (unpaired) electrons. The summed E-state index contributed by atoms with van der Waals surface area (Å²) in [5, 5.41) is 10.6. The minimum absolute atomic E-state index is 0.222. The molecular formula is C12H12F3N3O. The van der Waals surface area contributed by atoms with Crippen molar-refractivity contribution in [3.8, 4) is 11.5 Å². The molecule has 0 aliphatic rings. The first-order chi connectivity index (χ1) is 9.00.